The SMILES string of the molecule is COc1ccc(Cl)c(-c2ccc(CCNCC(O)c3ccccc3)cc2)c1. The zero-order valence-corrected chi connectivity index (χ0v) is 16.1. The average Bonchev–Trinajstić information content (AvgIpc) is 2.72. The number of halogens is 1. The molecule has 2 N–H and O–H groups in total. The van der Waals surface area contributed by atoms with Crippen molar-refractivity contribution in [1.82, 2.24) is 5.32 Å². The van der Waals surface area contributed by atoms with Gasteiger partial charge in [0.05, 0.1) is 13.2 Å². The van der Waals surface area contributed by atoms with Crippen molar-refractivity contribution in [2.75, 3.05) is 20.2 Å². The molecule has 0 aromatic heterocycles. The fourth-order valence-electron chi connectivity index (χ4n) is 2.97. The summed E-state index contributed by atoms with van der Waals surface area (Å²) in [5.74, 6) is 0.791. The molecule has 0 amide bonds. The van der Waals surface area contributed by atoms with Gasteiger partial charge in [-0.3, -0.25) is 0 Å². The highest BCUT2D eigenvalue weighted by Gasteiger charge is 2.07. The molecule has 0 aliphatic rings. The Morgan fingerprint density at radius 2 is 1.74 bits per heavy atom. The van der Waals surface area contributed by atoms with Crippen LogP contribution in [0.1, 0.15) is 17.2 Å². The Bertz CT molecular complexity index is 850. The van der Waals surface area contributed by atoms with Gasteiger partial charge in [-0.25, -0.2) is 0 Å². The third kappa shape index (κ3) is 5.33. The van der Waals surface area contributed by atoms with Crippen LogP contribution in [0, 0.1) is 0 Å². The van der Waals surface area contributed by atoms with Crippen molar-refractivity contribution in [3.63, 3.8) is 0 Å². The van der Waals surface area contributed by atoms with Gasteiger partial charge >= 0.3 is 0 Å². The molecule has 3 rings (SSSR count). The first-order valence-corrected chi connectivity index (χ1v) is 9.42. The van der Waals surface area contributed by atoms with Crippen LogP contribution in [-0.2, 0) is 6.42 Å². The van der Waals surface area contributed by atoms with Crippen LogP contribution >= 0.6 is 11.6 Å². The summed E-state index contributed by atoms with van der Waals surface area (Å²) in [6, 6.07) is 23.7. The topological polar surface area (TPSA) is 41.5 Å². The lowest BCUT2D eigenvalue weighted by molar-refractivity contribution is 0.175. The minimum atomic E-state index is -0.483. The number of ether oxygens (including phenoxy) is 1. The molecule has 0 aliphatic heterocycles. The fourth-order valence-corrected chi connectivity index (χ4v) is 3.19. The lowest BCUT2D eigenvalue weighted by atomic mass is 10.0. The zero-order valence-electron chi connectivity index (χ0n) is 15.4. The van der Waals surface area contributed by atoms with Gasteiger partial charge in [-0.1, -0.05) is 66.2 Å². The number of rotatable bonds is 8. The van der Waals surface area contributed by atoms with Crippen LogP contribution in [0.4, 0.5) is 0 Å². The molecule has 3 nitrogen and oxygen atoms in total. The minimum Gasteiger partial charge on any atom is -0.497 e. The molecule has 0 heterocycles. The van der Waals surface area contributed by atoms with E-state index < -0.39 is 6.10 Å². The molecule has 0 bridgehead atoms. The molecule has 0 spiro atoms. The van der Waals surface area contributed by atoms with E-state index in [-0.39, 0.29) is 0 Å². The fraction of sp³-hybridized carbons (Fsp3) is 0.217. The molecule has 0 saturated heterocycles. The normalized spacial score (nSPS) is 12.0. The predicted octanol–water partition coefficient (Wildman–Crippen LogP) is 4.88. The van der Waals surface area contributed by atoms with Crippen LogP contribution in [-0.4, -0.2) is 25.3 Å². The van der Waals surface area contributed by atoms with Crippen molar-refractivity contribution in [2.24, 2.45) is 0 Å². The zero-order chi connectivity index (χ0) is 19.1. The van der Waals surface area contributed by atoms with Gasteiger partial charge in [0.2, 0.25) is 0 Å². The molecule has 140 valence electrons. The maximum atomic E-state index is 10.2. The lowest BCUT2D eigenvalue weighted by Gasteiger charge is -2.12. The highest BCUT2D eigenvalue weighted by Crippen LogP contribution is 2.31. The molecular weight excluding hydrogens is 358 g/mol. The molecule has 0 aliphatic carbocycles. The van der Waals surface area contributed by atoms with Crippen LogP contribution < -0.4 is 10.1 Å². The molecule has 3 aromatic carbocycles. The summed E-state index contributed by atoms with van der Waals surface area (Å²) in [5, 5.41) is 14.2. The van der Waals surface area contributed by atoms with Crippen molar-refractivity contribution in [1.29, 1.82) is 0 Å². The Labute approximate surface area is 165 Å². The van der Waals surface area contributed by atoms with Crippen LogP contribution in [0.5, 0.6) is 5.75 Å². The summed E-state index contributed by atoms with van der Waals surface area (Å²) < 4.78 is 5.28. The van der Waals surface area contributed by atoms with E-state index in [0.717, 1.165) is 35.4 Å². The average molecular weight is 382 g/mol. The highest BCUT2D eigenvalue weighted by atomic mass is 35.5. The highest BCUT2D eigenvalue weighted by molar-refractivity contribution is 6.33. The van der Waals surface area contributed by atoms with Gasteiger partial charge < -0.3 is 15.2 Å². The van der Waals surface area contributed by atoms with E-state index in [2.05, 4.69) is 29.6 Å². The number of hydrogen-bond donors (Lipinski definition) is 2. The monoisotopic (exact) mass is 381 g/mol. The third-order valence-corrected chi connectivity index (χ3v) is 4.88. The second kappa shape index (κ2) is 9.56. The van der Waals surface area contributed by atoms with E-state index in [1.807, 2.05) is 48.5 Å². The summed E-state index contributed by atoms with van der Waals surface area (Å²) in [7, 11) is 1.65. The van der Waals surface area contributed by atoms with E-state index in [1.54, 1.807) is 7.11 Å². The van der Waals surface area contributed by atoms with E-state index in [9.17, 15) is 5.11 Å². The van der Waals surface area contributed by atoms with Gasteiger partial charge in [0, 0.05) is 17.1 Å². The van der Waals surface area contributed by atoms with Crippen molar-refractivity contribution in [3.05, 3.63) is 88.9 Å². The molecule has 4 heteroatoms. The van der Waals surface area contributed by atoms with Crippen molar-refractivity contribution in [3.8, 4) is 16.9 Å². The quantitative estimate of drug-likeness (QED) is 0.546. The second-order valence-electron chi connectivity index (χ2n) is 6.42. The smallest absolute Gasteiger partial charge is 0.119 e. The van der Waals surface area contributed by atoms with Gasteiger partial charge in [0.25, 0.3) is 0 Å². The molecule has 0 saturated carbocycles. The molecular formula is C23H24ClNO2. The lowest BCUT2D eigenvalue weighted by Crippen LogP contribution is -2.23. The van der Waals surface area contributed by atoms with Gasteiger partial charge in [0.1, 0.15) is 5.75 Å². The molecule has 1 atom stereocenters. The van der Waals surface area contributed by atoms with E-state index in [1.165, 1.54) is 5.56 Å². The minimum absolute atomic E-state index is 0.483. The molecule has 1 unspecified atom stereocenters. The van der Waals surface area contributed by atoms with E-state index in [0.29, 0.717) is 11.6 Å². The number of aliphatic hydroxyl groups excluding tert-OH is 1. The van der Waals surface area contributed by atoms with Crippen molar-refractivity contribution in [2.45, 2.75) is 12.5 Å². The molecule has 3 aromatic rings. The van der Waals surface area contributed by atoms with E-state index >= 15 is 0 Å². The Kier molecular flexibility index (Phi) is 6.88. The second-order valence-corrected chi connectivity index (χ2v) is 6.83. The number of nitrogens with one attached hydrogen (secondary N) is 1. The summed E-state index contributed by atoms with van der Waals surface area (Å²) in [6.07, 6.45) is 0.414. The first kappa shape index (κ1) is 19.4. The number of methoxy groups -OCH3 is 1. The van der Waals surface area contributed by atoms with Crippen LogP contribution in [0.2, 0.25) is 5.02 Å². The van der Waals surface area contributed by atoms with Crippen molar-refractivity contribution >= 4 is 11.6 Å². The molecule has 27 heavy (non-hydrogen) atoms. The van der Waals surface area contributed by atoms with Crippen LogP contribution in [0.25, 0.3) is 11.1 Å². The van der Waals surface area contributed by atoms with E-state index in [4.69, 9.17) is 16.3 Å². The Balaban J connectivity index is 1.52. The molecule has 0 radical (unpaired) electrons. The molecule has 0 fully saturated rings. The Morgan fingerprint density at radius 3 is 2.44 bits per heavy atom. The van der Waals surface area contributed by atoms with Gasteiger partial charge in [-0.05, 0) is 47.9 Å². The summed E-state index contributed by atoms with van der Waals surface area (Å²) >= 11 is 6.32. The van der Waals surface area contributed by atoms with Crippen LogP contribution in [0.3, 0.4) is 0 Å². The number of aliphatic hydroxyl groups is 1. The number of benzene rings is 3. The standard InChI is InChI=1S/C23H24ClNO2/c1-27-20-11-12-22(24)21(15-20)18-9-7-17(8-10-18)13-14-25-16-23(26)19-5-3-2-4-6-19/h2-12,15,23,25-26H,13-14,16H2,1H3. The van der Waals surface area contributed by atoms with Gasteiger partial charge in [-0.15, -0.1) is 0 Å². The predicted molar refractivity (Wildman–Crippen MR) is 111 cm³/mol. The first-order valence-electron chi connectivity index (χ1n) is 9.04. The van der Waals surface area contributed by atoms with Crippen molar-refractivity contribution < 1.29 is 9.84 Å². The van der Waals surface area contributed by atoms with Gasteiger partial charge in [-0.2, -0.15) is 0 Å². The summed E-state index contributed by atoms with van der Waals surface area (Å²) in [6.45, 7) is 1.35. The Hall–Kier alpha value is -2.33. The number of hydrogen-bond acceptors (Lipinski definition) is 3. The maximum absolute atomic E-state index is 10.2. The first-order chi connectivity index (χ1) is 13.2. The van der Waals surface area contributed by atoms with Crippen LogP contribution in [0.15, 0.2) is 72.8 Å². The van der Waals surface area contributed by atoms with Gasteiger partial charge in [0.15, 0.2) is 0 Å². The largest absolute Gasteiger partial charge is 0.497 e. The summed E-state index contributed by atoms with van der Waals surface area (Å²) in [4.78, 5) is 0. The Morgan fingerprint density at radius 1 is 1.00 bits per heavy atom. The maximum Gasteiger partial charge on any atom is 0.119 e. The summed E-state index contributed by atoms with van der Waals surface area (Å²) in [5.41, 5.74) is 4.20. The third-order valence-electron chi connectivity index (χ3n) is 4.55.